The first kappa shape index (κ1) is 36.1. The van der Waals surface area contributed by atoms with E-state index in [-0.39, 0.29) is 0 Å². The summed E-state index contributed by atoms with van der Waals surface area (Å²) in [5.74, 6) is 0.832. The van der Waals surface area contributed by atoms with Crippen molar-refractivity contribution in [3.8, 4) is 0 Å². The molecular formula is C59H35N3O2S. The molecule has 14 aromatic rings. The molecule has 0 aliphatic rings. The van der Waals surface area contributed by atoms with Crippen molar-refractivity contribution >= 4 is 142 Å². The van der Waals surface area contributed by atoms with E-state index in [1.807, 2.05) is 24.3 Å². The smallest absolute Gasteiger partial charge is 0.139 e. The molecule has 0 saturated carbocycles. The number of pyridine rings is 1. The van der Waals surface area contributed by atoms with Crippen LogP contribution in [0.25, 0.3) is 96.5 Å². The minimum atomic E-state index is 0.832. The van der Waals surface area contributed by atoms with Crippen LogP contribution in [-0.4, -0.2) is 4.98 Å². The third kappa shape index (κ3) is 5.67. The molecule has 14 rings (SSSR count). The van der Waals surface area contributed by atoms with Gasteiger partial charge in [0.2, 0.25) is 0 Å². The number of fused-ring (bicyclic) bond motifs is 13. The highest BCUT2D eigenvalue weighted by Crippen LogP contribution is 2.47. The Labute approximate surface area is 376 Å². The molecule has 4 aromatic heterocycles. The van der Waals surface area contributed by atoms with Gasteiger partial charge in [-0.2, -0.15) is 0 Å². The summed E-state index contributed by atoms with van der Waals surface area (Å²) >= 11 is 1.72. The molecule has 0 N–H and O–H groups in total. The van der Waals surface area contributed by atoms with Crippen LogP contribution in [0.15, 0.2) is 221 Å². The minimum Gasteiger partial charge on any atom is -0.456 e. The number of hydrogen-bond donors (Lipinski definition) is 0. The average molecular weight is 850 g/mol. The Bertz CT molecular complexity index is 4240. The first-order valence-electron chi connectivity index (χ1n) is 21.8. The van der Waals surface area contributed by atoms with Gasteiger partial charge in [0.25, 0.3) is 0 Å². The number of rotatable bonds is 6. The molecule has 0 radical (unpaired) electrons. The Hall–Kier alpha value is -8.45. The quantitative estimate of drug-likeness (QED) is 0.156. The predicted octanol–water partition coefficient (Wildman–Crippen LogP) is 17.6. The molecule has 5 nitrogen and oxygen atoms in total. The first-order chi connectivity index (χ1) is 32.2. The lowest BCUT2D eigenvalue weighted by Gasteiger charge is -2.27. The molecule has 0 amide bonds. The lowest BCUT2D eigenvalue weighted by atomic mass is 9.99. The second-order valence-corrected chi connectivity index (χ2v) is 17.8. The largest absolute Gasteiger partial charge is 0.456 e. The van der Waals surface area contributed by atoms with E-state index in [0.29, 0.717) is 0 Å². The number of furan rings is 2. The molecule has 0 aliphatic carbocycles. The number of thiophene rings is 1. The summed E-state index contributed by atoms with van der Waals surface area (Å²) in [7, 11) is 0. The summed E-state index contributed by atoms with van der Waals surface area (Å²) in [4.78, 5) is 11.1. The van der Waals surface area contributed by atoms with Crippen molar-refractivity contribution in [2.45, 2.75) is 0 Å². The molecule has 0 unspecified atom stereocenters. The number of nitrogens with zero attached hydrogens (tertiary/aromatic N) is 3. The van der Waals surface area contributed by atoms with E-state index in [4.69, 9.17) is 13.8 Å². The fraction of sp³-hybridized carbons (Fsp3) is 0. The average Bonchev–Trinajstić information content (AvgIpc) is 4.04. The normalized spacial score (nSPS) is 12.0. The molecule has 0 bridgehead atoms. The molecule has 0 spiro atoms. The van der Waals surface area contributed by atoms with Gasteiger partial charge in [-0.25, -0.2) is 4.98 Å². The van der Waals surface area contributed by atoms with Crippen LogP contribution in [0.5, 0.6) is 0 Å². The van der Waals surface area contributed by atoms with Crippen molar-refractivity contribution in [3.05, 3.63) is 212 Å². The minimum absolute atomic E-state index is 0.832. The van der Waals surface area contributed by atoms with Gasteiger partial charge in [-0.15, -0.1) is 11.3 Å². The van der Waals surface area contributed by atoms with Crippen molar-refractivity contribution in [1.82, 2.24) is 4.98 Å². The van der Waals surface area contributed by atoms with E-state index >= 15 is 0 Å². The highest BCUT2D eigenvalue weighted by atomic mass is 32.1. The highest BCUT2D eigenvalue weighted by Gasteiger charge is 2.22. The zero-order valence-electron chi connectivity index (χ0n) is 34.8. The van der Waals surface area contributed by atoms with E-state index in [1.54, 1.807) is 11.3 Å². The summed E-state index contributed by atoms with van der Waals surface area (Å²) in [5.41, 5.74) is 8.63. The van der Waals surface area contributed by atoms with Gasteiger partial charge in [0, 0.05) is 71.6 Å². The van der Waals surface area contributed by atoms with E-state index in [0.717, 1.165) is 93.0 Å². The van der Waals surface area contributed by atoms with Crippen LogP contribution in [0.4, 0.5) is 34.3 Å². The molecule has 65 heavy (non-hydrogen) atoms. The zero-order chi connectivity index (χ0) is 42.6. The van der Waals surface area contributed by atoms with Gasteiger partial charge < -0.3 is 13.7 Å². The number of hydrogen-bond acceptors (Lipinski definition) is 6. The lowest BCUT2D eigenvalue weighted by Crippen LogP contribution is -2.11. The topological polar surface area (TPSA) is 45.7 Å². The van der Waals surface area contributed by atoms with E-state index < -0.39 is 0 Å². The highest BCUT2D eigenvalue weighted by molar-refractivity contribution is 7.25. The Morgan fingerprint density at radius 1 is 0.323 bits per heavy atom. The summed E-state index contributed by atoms with van der Waals surface area (Å²) in [5, 5.41) is 13.9. The Morgan fingerprint density at radius 2 is 0.831 bits per heavy atom. The van der Waals surface area contributed by atoms with Crippen LogP contribution in [-0.2, 0) is 0 Å². The van der Waals surface area contributed by atoms with Crippen LogP contribution in [0.3, 0.4) is 0 Å². The molecule has 0 aliphatic heterocycles. The van der Waals surface area contributed by atoms with E-state index in [2.05, 4.69) is 198 Å². The molecule has 6 heteroatoms. The van der Waals surface area contributed by atoms with Crippen LogP contribution in [0.1, 0.15) is 0 Å². The number of anilines is 6. The van der Waals surface area contributed by atoms with Gasteiger partial charge >= 0.3 is 0 Å². The van der Waals surface area contributed by atoms with Gasteiger partial charge in [-0.3, -0.25) is 4.90 Å². The van der Waals surface area contributed by atoms with Crippen LogP contribution in [0, 0.1) is 0 Å². The SMILES string of the molecule is c1ccc2cc(N(c3ccc4c(c3)oc3ccccc34)c3ccc4c(n3)sc3cc(N(c5ccc6c(c5)oc5ccccc56)c5cc6ccccc6c6ccccc56)ccc34)ccc2c1. The van der Waals surface area contributed by atoms with Crippen LogP contribution < -0.4 is 9.80 Å². The van der Waals surface area contributed by atoms with Crippen LogP contribution >= 0.6 is 11.3 Å². The maximum atomic E-state index is 6.49. The molecular weight excluding hydrogens is 815 g/mol. The van der Waals surface area contributed by atoms with Crippen molar-refractivity contribution in [2.24, 2.45) is 0 Å². The molecule has 0 atom stereocenters. The third-order valence-electron chi connectivity index (χ3n) is 13.0. The molecule has 10 aromatic carbocycles. The summed E-state index contributed by atoms with van der Waals surface area (Å²) < 4.78 is 14.1. The Balaban J connectivity index is 0.948. The van der Waals surface area contributed by atoms with Crippen molar-refractivity contribution in [1.29, 1.82) is 0 Å². The van der Waals surface area contributed by atoms with E-state index in [9.17, 15) is 0 Å². The van der Waals surface area contributed by atoms with Gasteiger partial charge in [0.1, 0.15) is 33.0 Å². The number of aromatic nitrogens is 1. The fourth-order valence-electron chi connectivity index (χ4n) is 9.98. The van der Waals surface area contributed by atoms with Crippen molar-refractivity contribution < 1.29 is 8.83 Å². The Morgan fingerprint density at radius 3 is 1.55 bits per heavy atom. The molecule has 4 heterocycles. The van der Waals surface area contributed by atoms with Crippen molar-refractivity contribution in [3.63, 3.8) is 0 Å². The van der Waals surface area contributed by atoms with Crippen molar-refractivity contribution in [2.75, 3.05) is 9.80 Å². The maximum Gasteiger partial charge on any atom is 0.139 e. The predicted molar refractivity (Wildman–Crippen MR) is 274 cm³/mol. The van der Waals surface area contributed by atoms with Gasteiger partial charge in [-0.1, -0.05) is 121 Å². The van der Waals surface area contributed by atoms with Gasteiger partial charge in [-0.05, 0) is 106 Å². The standard InChI is InChI=1S/C59H35N3O2S/c1-2-12-37-31-39(22-21-36(37)11-1)62(41-24-27-49-47-18-8-10-20-54(47)64-56(49)34-41)58-30-29-51-50-28-25-42(35-57(50)65-59(51)60-58)61(40-23-26-48-46-17-7-9-19-53(46)63-55(48)33-40)52-32-38-13-3-4-14-43(38)44-15-5-6-16-45(44)52/h1-35H. The first-order valence-corrected chi connectivity index (χ1v) is 22.7. The molecule has 304 valence electrons. The van der Waals surface area contributed by atoms with Gasteiger partial charge in [0.15, 0.2) is 0 Å². The lowest BCUT2D eigenvalue weighted by molar-refractivity contribution is 0.668. The van der Waals surface area contributed by atoms with E-state index in [1.165, 1.54) is 37.7 Å². The summed E-state index contributed by atoms with van der Waals surface area (Å²) in [6, 6.07) is 75.6. The zero-order valence-corrected chi connectivity index (χ0v) is 35.6. The maximum absolute atomic E-state index is 6.49. The Kier molecular flexibility index (Phi) is 7.79. The monoisotopic (exact) mass is 849 g/mol. The summed E-state index contributed by atoms with van der Waals surface area (Å²) in [6.45, 7) is 0. The molecule has 0 saturated heterocycles. The summed E-state index contributed by atoms with van der Waals surface area (Å²) in [6.07, 6.45) is 0. The third-order valence-corrected chi connectivity index (χ3v) is 14.1. The second-order valence-electron chi connectivity index (χ2n) is 16.7. The number of benzene rings is 10. The van der Waals surface area contributed by atoms with Crippen LogP contribution in [0.2, 0.25) is 0 Å². The number of para-hydroxylation sites is 2. The fourth-order valence-corrected chi connectivity index (χ4v) is 11.1. The second kappa shape index (κ2) is 14.0. The van der Waals surface area contributed by atoms with Gasteiger partial charge in [0.05, 0.1) is 11.4 Å². The molecule has 0 fully saturated rings.